The first-order valence-electron chi connectivity index (χ1n) is 7.27. The first kappa shape index (κ1) is 15.3. The van der Waals surface area contributed by atoms with Crippen molar-refractivity contribution in [2.24, 2.45) is 5.92 Å². The molecule has 0 saturated heterocycles. The van der Waals surface area contributed by atoms with Gasteiger partial charge in [0.05, 0.1) is 6.61 Å². The van der Waals surface area contributed by atoms with Crippen LogP contribution in [0.15, 0.2) is 0 Å². The lowest BCUT2D eigenvalue weighted by atomic mass is 9.93. The molecule has 0 bridgehead atoms. The molecule has 0 aromatic rings. The highest BCUT2D eigenvalue weighted by Gasteiger charge is 2.22. The predicted octanol–water partition coefficient (Wildman–Crippen LogP) is 2.96. The molecule has 3 heteroatoms. The number of thiol groups is 1. The molecule has 17 heavy (non-hydrogen) atoms. The van der Waals surface area contributed by atoms with Crippen LogP contribution in [0, 0.1) is 5.92 Å². The molecule has 0 spiro atoms. The number of hydrogen-bond donors (Lipinski definition) is 2. The van der Waals surface area contributed by atoms with Gasteiger partial charge in [-0.25, -0.2) is 0 Å². The third-order valence-electron chi connectivity index (χ3n) is 3.93. The molecule has 1 aliphatic carbocycles. The summed E-state index contributed by atoms with van der Waals surface area (Å²) in [5, 5.41) is 9.22. The first-order valence-corrected chi connectivity index (χ1v) is 7.90. The Balaban J connectivity index is 2.44. The lowest BCUT2D eigenvalue weighted by molar-refractivity contribution is 0.108. The van der Waals surface area contributed by atoms with E-state index in [9.17, 15) is 5.11 Å². The number of aliphatic hydroxyl groups is 1. The number of hydrogen-bond acceptors (Lipinski definition) is 3. The normalized spacial score (nSPS) is 19.8. The monoisotopic (exact) mass is 259 g/mol. The van der Waals surface area contributed by atoms with Crippen LogP contribution in [0.2, 0.25) is 0 Å². The second-order valence-electron chi connectivity index (χ2n) is 5.35. The lowest BCUT2D eigenvalue weighted by Gasteiger charge is -2.36. The highest BCUT2D eigenvalue weighted by atomic mass is 32.1. The van der Waals surface area contributed by atoms with Gasteiger partial charge in [-0.2, -0.15) is 12.6 Å². The molecule has 0 heterocycles. The Kier molecular flexibility index (Phi) is 8.33. The molecule has 2 nitrogen and oxygen atoms in total. The Morgan fingerprint density at radius 2 is 2.00 bits per heavy atom. The minimum atomic E-state index is 0.294. The van der Waals surface area contributed by atoms with E-state index in [0.29, 0.717) is 12.5 Å². The van der Waals surface area contributed by atoms with Crippen molar-refractivity contribution >= 4 is 12.6 Å². The van der Waals surface area contributed by atoms with E-state index in [4.69, 9.17) is 0 Å². The van der Waals surface area contributed by atoms with Gasteiger partial charge < -0.3 is 5.11 Å². The second kappa shape index (κ2) is 9.23. The molecule has 1 saturated carbocycles. The van der Waals surface area contributed by atoms with Gasteiger partial charge in [0, 0.05) is 19.1 Å². The summed E-state index contributed by atoms with van der Waals surface area (Å²) in [5.74, 6) is 1.67. The van der Waals surface area contributed by atoms with Crippen molar-refractivity contribution < 1.29 is 5.11 Å². The molecule has 0 aliphatic heterocycles. The second-order valence-corrected chi connectivity index (χ2v) is 5.71. The summed E-state index contributed by atoms with van der Waals surface area (Å²) in [6.07, 6.45) is 9.28. The van der Waals surface area contributed by atoms with E-state index in [-0.39, 0.29) is 0 Å². The highest BCUT2D eigenvalue weighted by Crippen LogP contribution is 2.24. The Bertz CT molecular complexity index is 183. The fourth-order valence-electron chi connectivity index (χ4n) is 2.98. The number of rotatable bonds is 8. The zero-order valence-corrected chi connectivity index (χ0v) is 12.2. The van der Waals surface area contributed by atoms with Crippen LogP contribution in [0.1, 0.15) is 51.9 Å². The summed E-state index contributed by atoms with van der Waals surface area (Å²) in [4.78, 5) is 2.52. The smallest absolute Gasteiger partial charge is 0.0558 e. The van der Waals surface area contributed by atoms with Gasteiger partial charge in [0.1, 0.15) is 0 Å². The SMILES string of the molecule is CCCC(CS)CN(CCO)C1CCCCC1. The van der Waals surface area contributed by atoms with Crippen LogP contribution in [0.5, 0.6) is 0 Å². The molecule has 1 aliphatic rings. The Labute approximate surface area is 112 Å². The Morgan fingerprint density at radius 1 is 1.29 bits per heavy atom. The van der Waals surface area contributed by atoms with E-state index >= 15 is 0 Å². The van der Waals surface area contributed by atoms with Gasteiger partial charge in [-0.3, -0.25) is 4.90 Å². The predicted molar refractivity (Wildman–Crippen MR) is 77.8 cm³/mol. The van der Waals surface area contributed by atoms with Crippen LogP contribution in [-0.4, -0.2) is 41.5 Å². The average molecular weight is 259 g/mol. The van der Waals surface area contributed by atoms with Crippen LogP contribution in [0.4, 0.5) is 0 Å². The van der Waals surface area contributed by atoms with Gasteiger partial charge in [-0.1, -0.05) is 32.6 Å². The van der Waals surface area contributed by atoms with Crippen LogP contribution in [0.3, 0.4) is 0 Å². The highest BCUT2D eigenvalue weighted by molar-refractivity contribution is 7.80. The maximum absolute atomic E-state index is 9.22. The minimum absolute atomic E-state index is 0.294. The summed E-state index contributed by atoms with van der Waals surface area (Å²) in [7, 11) is 0. The Morgan fingerprint density at radius 3 is 2.53 bits per heavy atom. The van der Waals surface area contributed by atoms with Crippen LogP contribution in [0.25, 0.3) is 0 Å². The molecule has 1 fully saturated rings. The molecule has 1 rings (SSSR count). The van der Waals surface area contributed by atoms with Gasteiger partial charge in [-0.15, -0.1) is 0 Å². The maximum Gasteiger partial charge on any atom is 0.0558 e. The third kappa shape index (κ3) is 5.62. The van der Waals surface area contributed by atoms with Gasteiger partial charge in [0.25, 0.3) is 0 Å². The van der Waals surface area contributed by atoms with Crippen molar-refractivity contribution in [1.29, 1.82) is 0 Å². The molecule has 0 radical (unpaired) electrons. The molecule has 0 amide bonds. The molecular weight excluding hydrogens is 230 g/mol. The molecule has 1 unspecified atom stereocenters. The van der Waals surface area contributed by atoms with Crippen molar-refractivity contribution in [2.45, 2.75) is 57.9 Å². The topological polar surface area (TPSA) is 23.5 Å². The van der Waals surface area contributed by atoms with E-state index < -0.39 is 0 Å². The number of aliphatic hydroxyl groups excluding tert-OH is 1. The van der Waals surface area contributed by atoms with Crippen molar-refractivity contribution in [3.05, 3.63) is 0 Å². The van der Waals surface area contributed by atoms with Gasteiger partial charge >= 0.3 is 0 Å². The zero-order chi connectivity index (χ0) is 12.5. The zero-order valence-electron chi connectivity index (χ0n) is 11.3. The third-order valence-corrected chi connectivity index (χ3v) is 4.44. The van der Waals surface area contributed by atoms with Gasteiger partial charge in [-0.05, 0) is 30.9 Å². The van der Waals surface area contributed by atoms with Crippen LogP contribution in [-0.2, 0) is 0 Å². The molecule has 0 aromatic carbocycles. The molecule has 1 N–H and O–H groups in total. The van der Waals surface area contributed by atoms with Crippen LogP contribution < -0.4 is 0 Å². The summed E-state index contributed by atoms with van der Waals surface area (Å²) in [6.45, 7) is 4.51. The first-order chi connectivity index (χ1) is 8.31. The van der Waals surface area contributed by atoms with E-state index in [2.05, 4.69) is 24.5 Å². The molecule has 102 valence electrons. The van der Waals surface area contributed by atoms with Crippen molar-refractivity contribution in [3.8, 4) is 0 Å². The average Bonchev–Trinajstić information content (AvgIpc) is 2.38. The Hall–Kier alpha value is 0.270. The summed E-state index contributed by atoms with van der Waals surface area (Å²) >= 11 is 4.47. The minimum Gasteiger partial charge on any atom is -0.395 e. The fraction of sp³-hybridized carbons (Fsp3) is 1.00. The van der Waals surface area contributed by atoms with Crippen molar-refractivity contribution in [2.75, 3.05) is 25.4 Å². The molecule has 1 atom stereocenters. The molecular formula is C14H29NOS. The summed E-state index contributed by atoms with van der Waals surface area (Å²) in [6, 6.07) is 0.718. The van der Waals surface area contributed by atoms with Gasteiger partial charge in [0.2, 0.25) is 0 Å². The van der Waals surface area contributed by atoms with E-state index in [1.165, 1.54) is 44.9 Å². The van der Waals surface area contributed by atoms with E-state index in [1.807, 2.05) is 0 Å². The number of nitrogens with zero attached hydrogens (tertiary/aromatic N) is 1. The maximum atomic E-state index is 9.22. The van der Waals surface area contributed by atoms with E-state index in [1.54, 1.807) is 0 Å². The summed E-state index contributed by atoms with van der Waals surface area (Å²) < 4.78 is 0. The molecule has 0 aromatic heterocycles. The largest absolute Gasteiger partial charge is 0.395 e. The van der Waals surface area contributed by atoms with Crippen molar-refractivity contribution in [1.82, 2.24) is 4.90 Å². The summed E-state index contributed by atoms with van der Waals surface area (Å²) in [5.41, 5.74) is 0. The fourth-order valence-corrected chi connectivity index (χ4v) is 3.28. The quantitative estimate of drug-likeness (QED) is 0.655. The lowest BCUT2D eigenvalue weighted by Crippen LogP contribution is -2.42. The van der Waals surface area contributed by atoms with Crippen LogP contribution >= 0.6 is 12.6 Å². The van der Waals surface area contributed by atoms with Crippen molar-refractivity contribution in [3.63, 3.8) is 0 Å². The van der Waals surface area contributed by atoms with E-state index in [0.717, 1.165) is 24.9 Å². The standard InChI is InChI=1S/C14H29NOS/c1-2-6-13(12-17)11-15(9-10-16)14-7-4-3-5-8-14/h13-14,16-17H,2-12H2,1H3. The van der Waals surface area contributed by atoms with Gasteiger partial charge in [0.15, 0.2) is 0 Å².